The van der Waals surface area contributed by atoms with E-state index in [1.165, 1.54) is 244 Å². The number of unbranched alkanes of at least 4 members (excludes halogenated alkanes) is 9. The maximum atomic E-state index is 5.44. The zero-order valence-electron chi connectivity index (χ0n) is 69.9. The summed E-state index contributed by atoms with van der Waals surface area (Å²) in [6.07, 6.45) is 43.2. The first kappa shape index (κ1) is 111. The molecule has 4 saturated heterocycles. The van der Waals surface area contributed by atoms with E-state index in [1.807, 2.05) is 6.07 Å². The van der Waals surface area contributed by atoms with Gasteiger partial charge in [-0.15, -0.1) is 0 Å². The van der Waals surface area contributed by atoms with Gasteiger partial charge in [0.1, 0.15) is 0 Å². The maximum absolute atomic E-state index is 5.44. The molecule has 25 heteroatoms. The number of likely N-dealkylation sites (tertiary alicyclic amines) is 1. The van der Waals surface area contributed by atoms with Gasteiger partial charge in [0, 0.05) is 84.6 Å². The van der Waals surface area contributed by atoms with Crippen molar-refractivity contribution in [2.24, 2.45) is 74.5 Å². The number of likely N-dealkylation sites (N-methyl/N-ethyl adjacent to an activating group) is 1. The van der Waals surface area contributed by atoms with E-state index in [4.69, 9.17) is 74.5 Å². The molecule has 4 aliphatic heterocycles. The molecule has 0 bridgehead atoms. The van der Waals surface area contributed by atoms with E-state index in [-0.39, 0.29) is 0 Å². The van der Waals surface area contributed by atoms with Gasteiger partial charge in [-0.3, -0.25) is 4.90 Å². The molecule has 6 rings (SSSR count). The van der Waals surface area contributed by atoms with Crippen LogP contribution in [-0.4, -0.2) is 288 Å². The molecule has 1 saturated carbocycles. The summed E-state index contributed by atoms with van der Waals surface area (Å²) >= 11 is 0. The van der Waals surface area contributed by atoms with Crippen molar-refractivity contribution in [1.82, 2.24) is 62.1 Å². The Kier molecular flexibility index (Phi) is 108. The van der Waals surface area contributed by atoms with E-state index in [1.54, 1.807) is 0 Å². The van der Waals surface area contributed by atoms with Crippen LogP contribution in [0.15, 0.2) is 30.3 Å². The van der Waals surface area contributed by atoms with E-state index in [2.05, 4.69) is 93.4 Å². The van der Waals surface area contributed by atoms with Crippen molar-refractivity contribution < 1.29 is 0 Å². The van der Waals surface area contributed by atoms with Gasteiger partial charge in [-0.25, -0.2) is 0 Å². The molecule has 0 amide bonds. The molecule has 106 heavy (non-hydrogen) atoms. The van der Waals surface area contributed by atoms with Gasteiger partial charge in [0.25, 0.3) is 0 Å². The van der Waals surface area contributed by atoms with Crippen molar-refractivity contribution in [3.8, 4) is 0 Å². The number of hydrogen-bond donors (Lipinski definition) is 21. The van der Waals surface area contributed by atoms with E-state index in [0.717, 1.165) is 221 Å². The SMILES string of the molecule is C1CCCNCCCNCCNCCC1.C1CNCCCNCCCNC1.CN1CCN(CCCN)CC1.NCCCCCCCCN.NCCCCCCN.NCCCCc1ccccc1.NCCCN1CCCC1.NCCCNC1CCCCC1.NCCCNCCCN.NCCN(CCN)CCN. The van der Waals surface area contributed by atoms with Gasteiger partial charge in [-0.05, 0) is 331 Å². The molecule has 1 aromatic rings. The molecule has 1 aliphatic carbocycles. The number of nitrogens with one attached hydrogen (secondary N) is 8. The van der Waals surface area contributed by atoms with E-state index >= 15 is 0 Å². The van der Waals surface area contributed by atoms with Crippen LogP contribution in [0.5, 0.6) is 0 Å². The molecule has 25 nitrogen and oxygen atoms in total. The summed E-state index contributed by atoms with van der Waals surface area (Å²) < 4.78 is 0. The fourth-order valence-electron chi connectivity index (χ4n) is 12.0. The third-order valence-electron chi connectivity index (χ3n) is 18.6. The summed E-state index contributed by atoms with van der Waals surface area (Å²) in [5, 5.41) is 27.5. The molecule has 4 heterocycles. The lowest BCUT2D eigenvalue weighted by Crippen LogP contribution is -2.44. The van der Waals surface area contributed by atoms with Gasteiger partial charge in [0.15, 0.2) is 0 Å². The number of piperazine rings is 1. The highest BCUT2D eigenvalue weighted by Gasteiger charge is 2.13. The predicted molar refractivity (Wildman–Crippen MR) is 469 cm³/mol. The van der Waals surface area contributed by atoms with Gasteiger partial charge in [-0.1, -0.05) is 107 Å². The lowest BCUT2D eigenvalue weighted by molar-refractivity contribution is 0.153. The molecule has 0 unspecified atom stereocenters. The zero-order valence-corrected chi connectivity index (χ0v) is 69.9. The fourth-order valence-corrected chi connectivity index (χ4v) is 12.0. The van der Waals surface area contributed by atoms with Crippen LogP contribution in [0, 0.1) is 0 Å². The van der Waals surface area contributed by atoms with Crippen LogP contribution >= 0.6 is 0 Å². The van der Waals surface area contributed by atoms with Crippen LogP contribution in [0.1, 0.15) is 217 Å². The summed E-state index contributed by atoms with van der Waals surface area (Å²) in [5.41, 5.74) is 70.9. The van der Waals surface area contributed by atoms with Crippen molar-refractivity contribution in [2.75, 3.05) is 262 Å². The number of benzene rings is 1. The lowest BCUT2D eigenvalue weighted by atomic mass is 9.95. The number of nitrogens with two attached hydrogens (primary N) is 13. The highest BCUT2D eigenvalue weighted by molar-refractivity contribution is 5.14. The maximum Gasteiger partial charge on any atom is 0.0110 e. The lowest BCUT2D eigenvalue weighted by Gasteiger charge is -2.32. The molecule has 0 atom stereocenters. The van der Waals surface area contributed by atoms with Crippen LogP contribution in [0.2, 0.25) is 0 Å². The van der Waals surface area contributed by atoms with Crippen LogP contribution in [0.4, 0.5) is 0 Å². The smallest absolute Gasteiger partial charge is 0.0110 e. The number of aryl methyl sites for hydroxylation is 1. The second-order valence-electron chi connectivity index (χ2n) is 28.8. The molecule has 0 aromatic heterocycles. The van der Waals surface area contributed by atoms with Crippen LogP contribution in [0.3, 0.4) is 0 Å². The molecule has 5 aliphatic rings. The Balaban J connectivity index is -0.000000548. The van der Waals surface area contributed by atoms with Crippen molar-refractivity contribution in [3.63, 3.8) is 0 Å². The van der Waals surface area contributed by atoms with Gasteiger partial charge in [0.05, 0.1) is 0 Å². The minimum Gasteiger partial charge on any atom is -0.330 e. The molecular formula is C81H189N25. The summed E-state index contributed by atoms with van der Waals surface area (Å²) in [5.74, 6) is 0. The average molecular weight is 1510 g/mol. The first-order chi connectivity index (χ1) is 52.2. The minimum absolute atomic E-state index is 0.681. The summed E-state index contributed by atoms with van der Waals surface area (Å²) in [7, 11) is 2.18. The summed E-state index contributed by atoms with van der Waals surface area (Å²) in [6.45, 7) is 39.9. The second kappa shape index (κ2) is 103. The average Bonchev–Trinajstić information content (AvgIpc) is 1.25. The standard InChI is InChI=1S/C12H27N3.C10H15N.C9H21N3.C9H20N2.C8H19N3.C8H20N2.C7H16N2.C6H18N4.C6H17N3.C6H16N2/c1-2-4-7-13-9-6-10-15-12-11-14-8-5-3-1;11-9-5-4-8-10-6-2-1-3-7-10;1-4-10-6-2-8-12-9-3-7-11-5-1;10-7-4-8-11-9-5-2-1-3-6-9;1-10-5-7-11(8-6-10)4-2-3-9;9-7-5-3-1-2-4-6-8-10;8-4-3-7-9-5-1-2-6-9;7-1-4-10(5-2-8)6-3-9;7-3-1-5-9-6-2-4-8;7-5-3-1-2-4-6-8/h13-15H,1-12H2;1-3,6-7H,4-5,8-9,11H2;10-12H,1-9H2;9,11H,1-8,10H2;2-9H2,1H3;1-10H2;1-8H2;1-9H2;9H,1-8H2;1-8H2. The Morgan fingerprint density at radius 3 is 1.01 bits per heavy atom. The second-order valence-corrected chi connectivity index (χ2v) is 28.8. The molecule has 1 aromatic carbocycles. The van der Waals surface area contributed by atoms with Crippen molar-refractivity contribution in [3.05, 3.63) is 35.9 Å². The molecule has 0 spiro atoms. The van der Waals surface area contributed by atoms with E-state index < -0.39 is 0 Å². The van der Waals surface area contributed by atoms with Gasteiger partial charge >= 0.3 is 0 Å². The highest BCUT2D eigenvalue weighted by Crippen LogP contribution is 2.17. The number of hydrogen-bond acceptors (Lipinski definition) is 25. The van der Waals surface area contributed by atoms with E-state index in [9.17, 15) is 0 Å². The van der Waals surface area contributed by atoms with Crippen molar-refractivity contribution in [2.45, 2.75) is 224 Å². The normalized spacial score (nSPS) is 16.9. The molecule has 0 radical (unpaired) electrons. The van der Waals surface area contributed by atoms with E-state index in [0.29, 0.717) is 19.6 Å². The fraction of sp³-hybridized carbons (Fsp3) is 0.926. The number of rotatable bonds is 38. The Morgan fingerprint density at radius 1 is 0.311 bits per heavy atom. The largest absolute Gasteiger partial charge is 0.330 e. The third kappa shape index (κ3) is 98.3. The van der Waals surface area contributed by atoms with Crippen LogP contribution < -0.4 is 117 Å². The Bertz CT molecular complexity index is 1470. The van der Waals surface area contributed by atoms with Crippen LogP contribution in [-0.2, 0) is 6.42 Å². The molecule has 5 fully saturated rings. The predicted octanol–water partition coefficient (Wildman–Crippen LogP) is 3.43. The van der Waals surface area contributed by atoms with Gasteiger partial charge < -0.3 is 132 Å². The topological polar surface area (TPSA) is 447 Å². The monoisotopic (exact) mass is 1510 g/mol. The Labute approximate surface area is 656 Å². The van der Waals surface area contributed by atoms with Crippen LogP contribution in [0.25, 0.3) is 0 Å². The summed E-state index contributed by atoms with van der Waals surface area (Å²) in [4.78, 5) is 9.53. The molecule has 34 N–H and O–H groups in total. The van der Waals surface area contributed by atoms with Crippen molar-refractivity contribution >= 4 is 0 Å². The highest BCUT2D eigenvalue weighted by atomic mass is 15.2. The Hall–Kier alpha value is -1.78. The molecule has 638 valence electrons. The summed E-state index contributed by atoms with van der Waals surface area (Å²) in [6, 6.07) is 11.3. The quantitative estimate of drug-likeness (QED) is 0.0422. The molecular weight excluding hydrogens is 1320 g/mol. The van der Waals surface area contributed by atoms with Gasteiger partial charge in [0.2, 0.25) is 0 Å². The Morgan fingerprint density at radius 2 is 0.632 bits per heavy atom. The third-order valence-corrected chi connectivity index (χ3v) is 18.6. The minimum atomic E-state index is 0.681. The van der Waals surface area contributed by atoms with Gasteiger partial charge in [-0.2, -0.15) is 0 Å². The van der Waals surface area contributed by atoms with Crippen molar-refractivity contribution in [1.29, 1.82) is 0 Å². The first-order valence-corrected chi connectivity index (χ1v) is 43.9. The first-order valence-electron chi connectivity index (χ1n) is 43.9. The zero-order chi connectivity index (χ0) is 78.3. The number of nitrogens with zero attached hydrogens (tertiary/aromatic N) is 4.